The van der Waals surface area contributed by atoms with Gasteiger partial charge in [0.1, 0.15) is 5.75 Å². The number of benzene rings is 1. The number of nitrogens with zero attached hydrogens (tertiary/aromatic N) is 1. The molecule has 0 aliphatic heterocycles. The standard InChI is InChI=1S/C15H22F3N3O/c1-14(2,3)21-13(19-4)20-9-11-6-5-7-12(8-11)22-10-15(16,17)18/h5-8H,9-10H2,1-4H3,(H2,19,20,21). The van der Waals surface area contributed by atoms with Crippen molar-refractivity contribution < 1.29 is 17.9 Å². The first-order chi connectivity index (χ1) is 10.1. The molecule has 0 aliphatic rings. The number of guanidine groups is 1. The van der Waals surface area contributed by atoms with Crippen molar-refractivity contribution in [3.05, 3.63) is 29.8 Å². The number of aliphatic imine (C=N–C) groups is 1. The van der Waals surface area contributed by atoms with Gasteiger partial charge in [0.25, 0.3) is 0 Å². The predicted molar refractivity (Wildman–Crippen MR) is 81.1 cm³/mol. The Balaban J connectivity index is 2.59. The SMILES string of the molecule is CN=C(NCc1cccc(OCC(F)(F)F)c1)NC(C)(C)C. The first-order valence-electron chi connectivity index (χ1n) is 6.86. The molecule has 0 saturated heterocycles. The third-order valence-electron chi connectivity index (χ3n) is 2.48. The number of alkyl halides is 3. The zero-order valence-electron chi connectivity index (χ0n) is 13.2. The summed E-state index contributed by atoms with van der Waals surface area (Å²) in [6, 6.07) is 6.53. The van der Waals surface area contributed by atoms with Crippen LogP contribution in [0.4, 0.5) is 13.2 Å². The summed E-state index contributed by atoms with van der Waals surface area (Å²) < 4.78 is 41.1. The van der Waals surface area contributed by atoms with Crippen LogP contribution in [0.1, 0.15) is 26.3 Å². The Morgan fingerprint density at radius 1 is 1.23 bits per heavy atom. The zero-order chi connectivity index (χ0) is 16.8. The second-order valence-electron chi connectivity index (χ2n) is 5.85. The molecule has 22 heavy (non-hydrogen) atoms. The van der Waals surface area contributed by atoms with Gasteiger partial charge in [-0.05, 0) is 38.5 Å². The highest BCUT2D eigenvalue weighted by Gasteiger charge is 2.28. The Bertz CT molecular complexity index is 507. The van der Waals surface area contributed by atoms with Gasteiger partial charge in [-0.15, -0.1) is 0 Å². The summed E-state index contributed by atoms with van der Waals surface area (Å²) in [5.41, 5.74) is 0.663. The molecule has 1 aromatic rings. The highest BCUT2D eigenvalue weighted by Crippen LogP contribution is 2.19. The van der Waals surface area contributed by atoms with Crippen molar-refractivity contribution in [1.82, 2.24) is 10.6 Å². The van der Waals surface area contributed by atoms with E-state index < -0.39 is 12.8 Å². The van der Waals surface area contributed by atoms with E-state index in [0.717, 1.165) is 5.56 Å². The smallest absolute Gasteiger partial charge is 0.422 e. The van der Waals surface area contributed by atoms with Crippen LogP contribution in [0.5, 0.6) is 5.75 Å². The summed E-state index contributed by atoms with van der Waals surface area (Å²) >= 11 is 0. The Morgan fingerprint density at radius 3 is 2.45 bits per heavy atom. The van der Waals surface area contributed by atoms with E-state index in [-0.39, 0.29) is 11.3 Å². The Hall–Kier alpha value is -1.92. The van der Waals surface area contributed by atoms with E-state index in [0.29, 0.717) is 12.5 Å². The first kappa shape index (κ1) is 18.1. The molecule has 2 N–H and O–H groups in total. The molecule has 0 unspecified atom stereocenters. The molecule has 0 atom stereocenters. The van der Waals surface area contributed by atoms with Crippen LogP contribution in [0.2, 0.25) is 0 Å². The Morgan fingerprint density at radius 2 is 1.91 bits per heavy atom. The minimum Gasteiger partial charge on any atom is -0.484 e. The molecular formula is C15H22F3N3O. The monoisotopic (exact) mass is 317 g/mol. The second kappa shape index (κ2) is 7.38. The van der Waals surface area contributed by atoms with E-state index in [1.54, 1.807) is 25.2 Å². The summed E-state index contributed by atoms with van der Waals surface area (Å²) in [7, 11) is 1.66. The topological polar surface area (TPSA) is 45.7 Å². The van der Waals surface area contributed by atoms with Gasteiger partial charge in [0.15, 0.2) is 12.6 Å². The van der Waals surface area contributed by atoms with E-state index in [1.807, 2.05) is 20.8 Å². The average Bonchev–Trinajstić information content (AvgIpc) is 2.40. The van der Waals surface area contributed by atoms with E-state index in [4.69, 9.17) is 4.74 Å². The molecule has 0 aliphatic carbocycles. The van der Waals surface area contributed by atoms with Crippen molar-refractivity contribution in [3.63, 3.8) is 0 Å². The third-order valence-corrected chi connectivity index (χ3v) is 2.48. The Labute approximate surface area is 128 Å². The van der Waals surface area contributed by atoms with Gasteiger partial charge >= 0.3 is 6.18 Å². The van der Waals surface area contributed by atoms with Gasteiger partial charge in [-0.2, -0.15) is 13.2 Å². The number of hydrogen-bond acceptors (Lipinski definition) is 2. The van der Waals surface area contributed by atoms with Crippen LogP contribution in [0.25, 0.3) is 0 Å². The lowest BCUT2D eigenvalue weighted by molar-refractivity contribution is -0.153. The number of nitrogens with one attached hydrogen (secondary N) is 2. The molecule has 0 radical (unpaired) electrons. The van der Waals surface area contributed by atoms with Gasteiger partial charge in [0, 0.05) is 19.1 Å². The summed E-state index contributed by atoms with van der Waals surface area (Å²) in [5.74, 6) is 0.810. The molecule has 0 spiro atoms. The van der Waals surface area contributed by atoms with E-state index in [9.17, 15) is 13.2 Å². The molecular weight excluding hydrogens is 295 g/mol. The lowest BCUT2D eigenvalue weighted by atomic mass is 10.1. The number of ether oxygens (including phenoxy) is 1. The third kappa shape index (κ3) is 7.75. The maximum Gasteiger partial charge on any atom is 0.422 e. The fourth-order valence-corrected chi connectivity index (χ4v) is 1.63. The van der Waals surface area contributed by atoms with Crippen LogP contribution in [0, 0.1) is 0 Å². The molecule has 1 rings (SSSR count). The number of hydrogen-bond donors (Lipinski definition) is 2. The first-order valence-corrected chi connectivity index (χ1v) is 6.86. The second-order valence-corrected chi connectivity index (χ2v) is 5.85. The van der Waals surface area contributed by atoms with Gasteiger partial charge in [0.2, 0.25) is 0 Å². The molecule has 0 bridgehead atoms. The molecule has 4 nitrogen and oxygen atoms in total. The van der Waals surface area contributed by atoms with Crippen molar-refractivity contribution in [1.29, 1.82) is 0 Å². The number of rotatable bonds is 4. The zero-order valence-corrected chi connectivity index (χ0v) is 13.2. The molecule has 0 heterocycles. The van der Waals surface area contributed by atoms with Crippen molar-refractivity contribution >= 4 is 5.96 Å². The minimum absolute atomic E-state index is 0.139. The fourth-order valence-electron chi connectivity index (χ4n) is 1.63. The van der Waals surface area contributed by atoms with Gasteiger partial charge in [-0.1, -0.05) is 12.1 Å². The summed E-state index contributed by atoms with van der Waals surface area (Å²) in [5, 5.41) is 6.30. The van der Waals surface area contributed by atoms with E-state index >= 15 is 0 Å². The number of halogens is 3. The van der Waals surface area contributed by atoms with Crippen molar-refractivity contribution in [2.75, 3.05) is 13.7 Å². The molecule has 0 aromatic heterocycles. The molecule has 7 heteroatoms. The highest BCUT2D eigenvalue weighted by molar-refractivity contribution is 5.80. The summed E-state index contributed by atoms with van der Waals surface area (Å²) in [6.45, 7) is 5.15. The van der Waals surface area contributed by atoms with Gasteiger partial charge < -0.3 is 15.4 Å². The Kier molecular flexibility index (Phi) is 6.08. The quantitative estimate of drug-likeness (QED) is 0.662. The van der Waals surface area contributed by atoms with Crippen LogP contribution in [-0.4, -0.2) is 31.3 Å². The molecule has 0 amide bonds. The van der Waals surface area contributed by atoms with Gasteiger partial charge in [-0.3, -0.25) is 4.99 Å². The minimum atomic E-state index is -4.34. The normalized spacial score (nSPS) is 13.0. The van der Waals surface area contributed by atoms with Crippen LogP contribution in [0.3, 0.4) is 0 Å². The maximum atomic E-state index is 12.1. The lowest BCUT2D eigenvalue weighted by Gasteiger charge is -2.23. The van der Waals surface area contributed by atoms with Crippen molar-refractivity contribution in [2.24, 2.45) is 4.99 Å². The van der Waals surface area contributed by atoms with E-state index in [2.05, 4.69) is 15.6 Å². The van der Waals surface area contributed by atoms with E-state index in [1.165, 1.54) is 6.07 Å². The van der Waals surface area contributed by atoms with Crippen molar-refractivity contribution in [2.45, 2.75) is 39.0 Å². The fraction of sp³-hybridized carbons (Fsp3) is 0.533. The van der Waals surface area contributed by atoms with Gasteiger partial charge in [-0.25, -0.2) is 0 Å². The average molecular weight is 317 g/mol. The van der Waals surface area contributed by atoms with Crippen LogP contribution in [-0.2, 0) is 6.54 Å². The highest BCUT2D eigenvalue weighted by atomic mass is 19.4. The van der Waals surface area contributed by atoms with Gasteiger partial charge in [0.05, 0.1) is 0 Å². The maximum absolute atomic E-state index is 12.1. The molecule has 0 fully saturated rings. The lowest BCUT2D eigenvalue weighted by Crippen LogP contribution is -2.47. The predicted octanol–water partition coefficient (Wildman–Crippen LogP) is 3.09. The summed E-state index contributed by atoms with van der Waals surface area (Å²) in [6.07, 6.45) is -4.34. The van der Waals surface area contributed by atoms with Crippen LogP contribution < -0.4 is 15.4 Å². The molecule has 0 saturated carbocycles. The van der Waals surface area contributed by atoms with Crippen LogP contribution >= 0.6 is 0 Å². The van der Waals surface area contributed by atoms with Crippen LogP contribution in [0.15, 0.2) is 29.3 Å². The molecule has 124 valence electrons. The van der Waals surface area contributed by atoms with Crippen molar-refractivity contribution in [3.8, 4) is 5.75 Å². The summed E-state index contributed by atoms with van der Waals surface area (Å²) in [4.78, 5) is 4.09. The largest absolute Gasteiger partial charge is 0.484 e. The molecule has 1 aromatic carbocycles.